The van der Waals surface area contributed by atoms with E-state index in [1.807, 2.05) is 0 Å². The Labute approximate surface area is 67.1 Å². The molecule has 50 valence electrons. The van der Waals surface area contributed by atoms with Gasteiger partial charge in [-0.3, -0.25) is 0 Å². The van der Waals surface area contributed by atoms with Crippen molar-refractivity contribution in [3.05, 3.63) is 42.0 Å². The average Bonchev–Trinajstić information content (AvgIpc) is 2.34. The normalized spacial score (nSPS) is 15.4. The van der Waals surface area contributed by atoms with Gasteiger partial charge in [-0.05, 0) is 0 Å². The molecular formula is C9H8Se. The zero-order chi connectivity index (χ0) is 6.97. The summed E-state index contributed by atoms with van der Waals surface area (Å²) in [7, 11) is 0. The molecule has 1 aromatic rings. The maximum absolute atomic E-state index is 4.02. The Morgan fingerprint density at radius 1 is 1.30 bits per heavy atom. The molecule has 2 rings (SSSR count). The molecule has 0 N–H and O–H groups in total. The Balaban J connectivity index is 2.61. The summed E-state index contributed by atoms with van der Waals surface area (Å²) < 4.78 is 1.36. The third-order valence-corrected chi connectivity index (χ3v) is 3.87. The number of rotatable bonds is 0. The first kappa shape index (κ1) is 6.21. The van der Waals surface area contributed by atoms with Gasteiger partial charge in [0.25, 0.3) is 0 Å². The minimum atomic E-state index is 0.643. The van der Waals surface area contributed by atoms with Crippen molar-refractivity contribution in [2.45, 2.75) is 5.32 Å². The van der Waals surface area contributed by atoms with Crippen molar-refractivity contribution >= 4 is 19.4 Å². The van der Waals surface area contributed by atoms with Crippen LogP contribution < -0.4 is 0 Å². The Bertz CT molecular complexity index is 276. The SMILES string of the molecule is C=C1[Se]Cc2ccccc21. The van der Waals surface area contributed by atoms with Crippen LogP contribution >= 0.6 is 0 Å². The first-order valence-corrected chi connectivity index (χ1v) is 5.35. The van der Waals surface area contributed by atoms with Gasteiger partial charge in [0, 0.05) is 0 Å². The van der Waals surface area contributed by atoms with Crippen molar-refractivity contribution in [2.75, 3.05) is 0 Å². The molecule has 0 radical (unpaired) electrons. The van der Waals surface area contributed by atoms with Crippen molar-refractivity contribution in [2.24, 2.45) is 0 Å². The van der Waals surface area contributed by atoms with Gasteiger partial charge in [0.15, 0.2) is 0 Å². The Kier molecular flexibility index (Phi) is 1.40. The summed E-state index contributed by atoms with van der Waals surface area (Å²) in [5, 5.41) is 1.25. The molecule has 0 saturated heterocycles. The van der Waals surface area contributed by atoms with E-state index in [1.165, 1.54) is 20.9 Å². The van der Waals surface area contributed by atoms with Crippen LogP contribution in [0.4, 0.5) is 0 Å². The number of benzene rings is 1. The maximum atomic E-state index is 4.02. The second kappa shape index (κ2) is 2.26. The molecule has 0 saturated carbocycles. The van der Waals surface area contributed by atoms with Crippen molar-refractivity contribution in [1.82, 2.24) is 0 Å². The van der Waals surface area contributed by atoms with Crippen LogP contribution in [0.1, 0.15) is 11.1 Å². The summed E-state index contributed by atoms with van der Waals surface area (Å²) in [6, 6.07) is 8.57. The fourth-order valence-corrected chi connectivity index (χ4v) is 3.12. The van der Waals surface area contributed by atoms with Crippen LogP contribution in [0.2, 0.25) is 0 Å². The van der Waals surface area contributed by atoms with Crippen LogP contribution in [0.5, 0.6) is 0 Å². The molecule has 1 aliphatic rings. The number of fused-ring (bicyclic) bond motifs is 1. The fourth-order valence-electron chi connectivity index (χ4n) is 1.16. The van der Waals surface area contributed by atoms with Gasteiger partial charge in [-0.15, -0.1) is 0 Å². The molecule has 10 heavy (non-hydrogen) atoms. The molecule has 0 unspecified atom stereocenters. The third-order valence-electron chi connectivity index (χ3n) is 1.72. The van der Waals surface area contributed by atoms with Crippen LogP contribution in [0.3, 0.4) is 0 Å². The molecule has 0 aromatic heterocycles. The molecular weight excluding hydrogens is 187 g/mol. The van der Waals surface area contributed by atoms with Crippen molar-refractivity contribution in [3.63, 3.8) is 0 Å². The van der Waals surface area contributed by atoms with Crippen molar-refractivity contribution < 1.29 is 0 Å². The summed E-state index contributed by atoms with van der Waals surface area (Å²) >= 11 is 0.643. The summed E-state index contributed by atoms with van der Waals surface area (Å²) in [6.07, 6.45) is 0. The topological polar surface area (TPSA) is 0 Å². The quantitative estimate of drug-likeness (QED) is 0.554. The zero-order valence-electron chi connectivity index (χ0n) is 5.63. The van der Waals surface area contributed by atoms with Crippen LogP contribution in [0.25, 0.3) is 4.47 Å². The molecule has 0 fully saturated rings. The van der Waals surface area contributed by atoms with Gasteiger partial charge >= 0.3 is 66.7 Å². The van der Waals surface area contributed by atoms with E-state index in [1.54, 1.807) is 0 Å². The number of hydrogen-bond donors (Lipinski definition) is 0. The van der Waals surface area contributed by atoms with E-state index < -0.39 is 0 Å². The van der Waals surface area contributed by atoms with Crippen LogP contribution in [0, 0.1) is 0 Å². The van der Waals surface area contributed by atoms with E-state index in [2.05, 4.69) is 30.8 Å². The summed E-state index contributed by atoms with van der Waals surface area (Å²) in [5.41, 5.74) is 2.90. The molecule has 0 spiro atoms. The van der Waals surface area contributed by atoms with Gasteiger partial charge in [0.1, 0.15) is 0 Å². The Hall–Kier alpha value is -0.521. The number of hydrogen-bond acceptors (Lipinski definition) is 0. The van der Waals surface area contributed by atoms with Gasteiger partial charge in [0.2, 0.25) is 0 Å². The predicted molar refractivity (Wildman–Crippen MR) is 44.9 cm³/mol. The zero-order valence-corrected chi connectivity index (χ0v) is 7.34. The molecule has 1 heteroatoms. The summed E-state index contributed by atoms with van der Waals surface area (Å²) in [4.78, 5) is 0. The molecule has 0 bridgehead atoms. The van der Waals surface area contributed by atoms with Gasteiger partial charge in [-0.25, -0.2) is 0 Å². The molecule has 0 aliphatic carbocycles. The summed E-state index contributed by atoms with van der Waals surface area (Å²) in [5.74, 6) is 0. The predicted octanol–water partition coefficient (Wildman–Crippen LogP) is 1.88. The molecule has 0 atom stereocenters. The van der Waals surface area contributed by atoms with Gasteiger partial charge in [-0.1, -0.05) is 0 Å². The van der Waals surface area contributed by atoms with E-state index in [4.69, 9.17) is 0 Å². The van der Waals surface area contributed by atoms with Crippen LogP contribution in [0.15, 0.2) is 30.8 Å². The van der Waals surface area contributed by atoms with Crippen LogP contribution in [-0.2, 0) is 5.32 Å². The van der Waals surface area contributed by atoms with E-state index in [-0.39, 0.29) is 0 Å². The second-order valence-corrected chi connectivity index (χ2v) is 4.61. The average molecular weight is 195 g/mol. The van der Waals surface area contributed by atoms with Crippen molar-refractivity contribution in [3.8, 4) is 0 Å². The Morgan fingerprint density at radius 3 is 2.90 bits per heavy atom. The van der Waals surface area contributed by atoms with Gasteiger partial charge < -0.3 is 0 Å². The first-order valence-electron chi connectivity index (χ1n) is 3.28. The second-order valence-electron chi connectivity index (χ2n) is 2.37. The van der Waals surface area contributed by atoms with E-state index in [0.29, 0.717) is 15.0 Å². The molecule has 1 aliphatic heterocycles. The van der Waals surface area contributed by atoms with E-state index in [0.717, 1.165) is 0 Å². The molecule has 0 nitrogen and oxygen atoms in total. The van der Waals surface area contributed by atoms with Gasteiger partial charge in [-0.2, -0.15) is 0 Å². The third kappa shape index (κ3) is 0.828. The molecule has 1 heterocycles. The monoisotopic (exact) mass is 196 g/mol. The minimum absolute atomic E-state index is 0.643. The van der Waals surface area contributed by atoms with E-state index in [9.17, 15) is 0 Å². The first-order chi connectivity index (χ1) is 4.88. The van der Waals surface area contributed by atoms with Crippen molar-refractivity contribution in [1.29, 1.82) is 0 Å². The summed E-state index contributed by atoms with van der Waals surface area (Å²) in [6.45, 7) is 4.02. The standard InChI is InChI=1S/C9H8Se/c1-7-9-5-3-2-4-8(9)6-10-7/h2-5H,1,6H2. The van der Waals surface area contributed by atoms with Crippen LogP contribution in [-0.4, -0.2) is 15.0 Å². The Morgan fingerprint density at radius 2 is 2.10 bits per heavy atom. The van der Waals surface area contributed by atoms with Gasteiger partial charge in [0.05, 0.1) is 0 Å². The van der Waals surface area contributed by atoms with E-state index >= 15 is 0 Å². The molecule has 1 aromatic carbocycles. The molecule has 0 amide bonds. The fraction of sp³-hybridized carbons (Fsp3) is 0.111.